The van der Waals surface area contributed by atoms with E-state index in [1.165, 1.54) is 5.56 Å². The van der Waals surface area contributed by atoms with Gasteiger partial charge in [-0.05, 0) is 44.9 Å². The second kappa shape index (κ2) is 4.84. The van der Waals surface area contributed by atoms with E-state index < -0.39 is 0 Å². The molecule has 96 valence electrons. The van der Waals surface area contributed by atoms with E-state index in [-0.39, 0.29) is 11.9 Å². The predicted octanol–water partition coefficient (Wildman–Crippen LogP) is 3.31. The molecule has 2 rings (SSSR count). The SMILES string of the molecule is CCC(C)NC(=O)c1[nH]c2ccc(C)cc2c1C. The highest BCUT2D eigenvalue weighted by atomic mass is 16.1. The number of carbonyl (C=O) groups excluding carboxylic acids is 1. The van der Waals surface area contributed by atoms with Gasteiger partial charge in [-0.1, -0.05) is 18.6 Å². The zero-order valence-corrected chi connectivity index (χ0v) is 11.4. The summed E-state index contributed by atoms with van der Waals surface area (Å²) in [6.45, 7) is 8.13. The molecule has 1 aromatic carbocycles. The minimum Gasteiger partial charge on any atom is -0.350 e. The lowest BCUT2D eigenvalue weighted by Gasteiger charge is -2.10. The summed E-state index contributed by atoms with van der Waals surface area (Å²) in [5, 5.41) is 4.12. The van der Waals surface area contributed by atoms with Gasteiger partial charge in [-0.15, -0.1) is 0 Å². The largest absolute Gasteiger partial charge is 0.350 e. The maximum Gasteiger partial charge on any atom is 0.268 e. The summed E-state index contributed by atoms with van der Waals surface area (Å²) in [5.74, 6) is -0.0179. The third-order valence-electron chi connectivity index (χ3n) is 3.43. The molecule has 0 aliphatic heterocycles. The Bertz CT molecular complexity index is 583. The number of hydrogen-bond donors (Lipinski definition) is 2. The average Bonchev–Trinajstić information content (AvgIpc) is 2.66. The van der Waals surface area contributed by atoms with Crippen LogP contribution in [0.4, 0.5) is 0 Å². The van der Waals surface area contributed by atoms with Gasteiger partial charge in [0, 0.05) is 16.9 Å². The molecule has 0 saturated carbocycles. The van der Waals surface area contributed by atoms with E-state index in [0.717, 1.165) is 22.9 Å². The molecule has 0 bridgehead atoms. The fourth-order valence-electron chi connectivity index (χ4n) is 2.07. The Hall–Kier alpha value is -1.77. The van der Waals surface area contributed by atoms with Gasteiger partial charge in [0.15, 0.2) is 0 Å². The molecule has 3 heteroatoms. The van der Waals surface area contributed by atoms with Crippen LogP contribution in [0, 0.1) is 13.8 Å². The number of rotatable bonds is 3. The smallest absolute Gasteiger partial charge is 0.268 e. The van der Waals surface area contributed by atoms with Crippen LogP contribution in [0.15, 0.2) is 18.2 Å². The van der Waals surface area contributed by atoms with Crippen LogP contribution in [0.2, 0.25) is 0 Å². The van der Waals surface area contributed by atoms with E-state index >= 15 is 0 Å². The Labute approximate surface area is 108 Å². The summed E-state index contributed by atoms with van der Waals surface area (Å²) < 4.78 is 0. The monoisotopic (exact) mass is 244 g/mol. The van der Waals surface area contributed by atoms with E-state index in [0.29, 0.717) is 5.69 Å². The summed E-state index contributed by atoms with van der Waals surface area (Å²) in [7, 11) is 0. The number of fused-ring (bicyclic) bond motifs is 1. The third-order valence-corrected chi connectivity index (χ3v) is 3.43. The summed E-state index contributed by atoms with van der Waals surface area (Å²) in [5.41, 5.74) is 3.93. The number of aromatic nitrogens is 1. The van der Waals surface area contributed by atoms with Crippen LogP contribution in [0.1, 0.15) is 41.9 Å². The van der Waals surface area contributed by atoms with E-state index in [2.05, 4.69) is 36.3 Å². The minimum atomic E-state index is -0.0179. The number of benzene rings is 1. The molecule has 0 spiro atoms. The highest BCUT2D eigenvalue weighted by molar-refractivity contribution is 6.01. The number of carbonyl (C=O) groups is 1. The molecule has 1 aromatic heterocycles. The summed E-state index contributed by atoms with van der Waals surface area (Å²) in [6.07, 6.45) is 0.935. The van der Waals surface area contributed by atoms with Crippen molar-refractivity contribution in [3.8, 4) is 0 Å². The van der Waals surface area contributed by atoms with Crippen LogP contribution in [0.5, 0.6) is 0 Å². The molecule has 3 nitrogen and oxygen atoms in total. The first-order chi connectivity index (χ1) is 8.52. The molecule has 0 fully saturated rings. The van der Waals surface area contributed by atoms with Crippen molar-refractivity contribution in [3.63, 3.8) is 0 Å². The molecular formula is C15H20N2O. The van der Waals surface area contributed by atoms with Gasteiger partial charge < -0.3 is 10.3 Å². The lowest BCUT2D eigenvalue weighted by Crippen LogP contribution is -2.32. The molecule has 1 atom stereocenters. The highest BCUT2D eigenvalue weighted by Gasteiger charge is 2.15. The summed E-state index contributed by atoms with van der Waals surface area (Å²) in [6, 6.07) is 6.39. The Morgan fingerprint density at radius 1 is 1.39 bits per heavy atom. The van der Waals surface area contributed by atoms with Crippen LogP contribution in [-0.4, -0.2) is 16.9 Å². The lowest BCUT2D eigenvalue weighted by molar-refractivity contribution is 0.0934. The van der Waals surface area contributed by atoms with E-state index in [1.54, 1.807) is 0 Å². The topological polar surface area (TPSA) is 44.9 Å². The fourth-order valence-corrected chi connectivity index (χ4v) is 2.07. The molecule has 1 unspecified atom stereocenters. The van der Waals surface area contributed by atoms with Gasteiger partial charge in [-0.3, -0.25) is 4.79 Å². The van der Waals surface area contributed by atoms with Gasteiger partial charge >= 0.3 is 0 Å². The first kappa shape index (κ1) is 12.7. The molecule has 1 amide bonds. The van der Waals surface area contributed by atoms with Gasteiger partial charge in [-0.2, -0.15) is 0 Å². The van der Waals surface area contributed by atoms with E-state index in [1.807, 2.05) is 19.9 Å². The van der Waals surface area contributed by atoms with Gasteiger partial charge in [0.25, 0.3) is 5.91 Å². The van der Waals surface area contributed by atoms with Gasteiger partial charge in [-0.25, -0.2) is 0 Å². The van der Waals surface area contributed by atoms with Crippen molar-refractivity contribution >= 4 is 16.8 Å². The van der Waals surface area contributed by atoms with E-state index in [4.69, 9.17) is 0 Å². The molecule has 0 radical (unpaired) electrons. The molecule has 1 heterocycles. The second-order valence-corrected chi connectivity index (χ2v) is 4.96. The minimum absolute atomic E-state index is 0.0179. The Kier molecular flexibility index (Phi) is 3.41. The Balaban J connectivity index is 2.40. The van der Waals surface area contributed by atoms with Gasteiger partial charge in [0.05, 0.1) is 0 Å². The van der Waals surface area contributed by atoms with Crippen molar-refractivity contribution in [2.24, 2.45) is 0 Å². The van der Waals surface area contributed by atoms with Crippen molar-refractivity contribution in [1.82, 2.24) is 10.3 Å². The molecule has 2 aromatic rings. The number of amides is 1. The van der Waals surface area contributed by atoms with E-state index in [9.17, 15) is 4.79 Å². The molecule has 0 saturated heterocycles. The van der Waals surface area contributed by atoms with Gasteiger partial charge in [0.2, 0.25) is 0 Å². The normalized spacial score (nSPS) is 12.7. The first-order valence-electron chi connectivity index (χ1n) is 6.42. The van der Waals surface area contributed by atoms with Crippen molar-refractivity contribution < 1.29 is 4.79 Å². The molecular weight excluding hydrogens is 224 g/mol. The van der Waals surface area contributed by atoms with Crippen LogP contribution in [-0.2, 0) is 0 Å². The number of H-pyrrole nitrogens is 1. The lowest BCUT2D eigenvalue weighted by atomic mass is 10.1. The standard InChI is InChI=1S/C15H20N2O/c1-5-10(3)16-15(18)14-11(4)12-8-9(2)6-7-13(12)17-14/h6-8,10,17H,5H2,1-4H3,(H,16,18). The fraction of sp³-hybridized carbons (Fsp3) is 0.400. The van der Waals surface area contributed by atoms with Crippen molar-refractivity contribution in [2.45, 2.75) is 40.2 Å². The molecule has 2 N–H and O–H groups in total. The van der Waals surface area contributed by atoms with Gasteiger partial charge in [0.1, 0.15) is 5.69 Å². The maximum atomic E-state index is 12.1. The number of nitrogens with one attached hydrogen (secondary N) is 2. The molecule has 0 aliphatic rings. The number of aromatic amines is 1. The zero-order valence-electron chi connectivity index (χ0n) is 11.4. The second-order valence-electron chi connectivity index (χ2n) is 4.96. The van der Waals surface area contributed by atoms with Crippen LogP contribution >= 0.6 is 0 Å². The predicted molar refractivity (Wildman–Crippen MR) is 75.0 cm³/mol. The van der Waals surface area contributed by atoms with Crippen molar-refractivity contribution in [2.75, 3.05) is 0 Å². The summed E-state index contributed by atoms with van der Waals surface area (Å²) in [4.78, 5) is 15.4. The van der Waals surface area contributed by atoms with Crippen molar-refractivity contribution in [1.29, 1.82) is 0 Å². The third kappa shape index (κ3) is 2.26. The Morgan fingerprint density at radius 3 is 2.78 bits per heavy atom. The summed E-state index contributed by atoms with van der Waals surface area (Å²) >= 11 is 0. The first-order valence-corrected chi connectivity index (χ1v) is 6.42. The quantitative estimate of drug-likeness (QED) is 0.854. The molecule has 18 heavy (non-hydrogen) atoms. The van der Waals surface area contributed by atoms with Crippen LogP contribution in [0.3, 0.4) is 0 Å². The highest BCUT2D eigenvalue weighted by Crippen LogP contribution is 2.22. The maximum absolute atomic E-state index is 12.1. The van der Waals surface area contributed by atoms with Crippen LogP contribution < -0.4 is 5.32 Å². The average molecular weight is 244 g/mol. The number of aryl methyl sites for hydroxylation is 2. The zero-order chi connectivity index (χ0) is 13.3. The number of hydrogen-bond acceptors (Lipinski definition) is 1. The molecule has 0 aliphatic carbocycles. The van der Waals surface area contributed by atoms with Crippen molar-refractivity contribution in [3.05, 3.63) is 35.0 Å². The Morgan fingerprint density at radius 2 is 2.11 bits per heavy atom. The van der Waals surface area contributed by atoms with Crippen LogP contribution in [0.25, 0.3) is 10.9 Å².